The first kappa shape index (κ1) is 21.3. The monoisotopic (exact) mass is 425 g/mol. The van der Waals surface area contributed by atoms with E-state index in [1.54, 1.807) is 31.4 Å². The summed E-state index contributed by atoms with van der Waals surface area (Å²) in [5.41, 5.74) is 1.55. The Kier molecular flexibility index (Phi) is 6.51. The van der Waals surface area contributed by atoms with Crippen LogP contribution in [0.2, 0.25) is 0 Å². The van der Waals surface area contributed by atoms with Crippen LogP contribution in [0, 0.1) is 5.82 Å². The standard InChI is InChI=1S/C24H28FN3O3/c1-31-21-5-2-4-19(16-21)23(29)27-12-3-11-26(14-15-27)22-10-13-28(24(22)30)17-18-6-8-20(25)9-7-18/h2,4-9,16,22H,3,10-15,17H2,1H3/t22-/m0/s1. The lowest BCUT2D eigenvalue weighted by molar-refractivity contribution is -0.132. The Morgan fingerprint density at radius 3 is 2.65 bits per heavy atom. The minimum absolute atomic E-state index is 0.00330. The van der Waals surface area contributed by atoms with Gasteiger partial charge >= 0.3 is 0 Å². The molecule has 2 fully saturated rings. The van der Waals surface area contributed by atoms with Crippen molar-refractivity contribution in [2.75, 3.05) is 39.8 Å². The van der Waals surface area contributed by atoms with Gasteiger partial charge in [-0.1, -0.05) is 18.2 Å². The van der Waals surface area contributed by atoms with Crippen molar-refractivity contribution >= 4 is 11.8 Å². The number of hydrogen-bond acceptors (Lipinski definition) is 4. The molecular weight excluding hydrogens is 397 g/mol. The van der Waals surface area contributed by atoms with Crippen molar-refractivity contribution in [2.45, 2.75) is 25.4 Å². The van der Waals surface area contributed by atoms with Crippen LogP contribution >= 0.6 is 0 Å². The van der Waals surface area contributed by atoms with Gasteiger partial charge in [0.25, 0.3) is 5.91 Å². The quantitative estimate of drug-likeness (QED) is 0.739. The summed E-state index contributed by atoms with van der Waals surface area (Å²) in [6.07, 6.45) is 1.61. The van der Waals surface area contributed by atoms with E-state index in [9.17, 15) is 14.0 Å². The predicted octanol–water partition coefficient (Wildman–Crippen LogP) is 2.78. The zero-order valence-electron chi connectivity index (χ0n) is 17.8. The van der Waals surface area contributed by atoms with E-state index in [1.165, 1.54) is 12.1 Å². The predicted molar refractivity (Wildman–Crippen MR) is 115 cm³/mol. The van der Waals surface area contributed by atoms with Crippen molar-refractivity contribution in [3.8, 4) is 5.75 Å². The van der Waals surface area contributed by atoms with E-state index >= 15 is 0 Å². The van der Waals surface area contributed by atoms with E-state index in [4.69, 9.17) is 4.74 Å². The van der Waals surface area contributed by atoms with Gasteiger partial charge in [0.15, 0.2) is 0 Å². The lowest BCUT2D eigenvalue weighted by atomic mass is 10.2. The van der Waals surface area contributed by atoms with Gasteiger partial charge in [0.2, 0.25) is 5.91 Å². The number of rotatable bonds is 5. The van der Waals surface area contributed by atoms with Crippen LogP contribution in [-0.4, -0.2) is 72.4 Å². The Morgan fingerprint density at radius 2 is 1.87 bits per heavy atom. The number of nitrogens with zero attached hydrogens (tertiary/aromatic N) is 3. The Labute approximate surface area is 182 Å². The number of carbonyl (C=O) groups is 2. The Morgan fingerprint density at radius 1 is 1.06 bits per heavy atom. The normalized spacial score (nSPS) is 20.1. The van der Waals surface area contributed by atoms with Crippen molar-refractivity contribution in [3.05, 3.63) is 65.5 Å². The van der Waals surface area contributed by atoms with Crippen molar-refractivity contribution in [3.63, 3.8) is 0 Å². The Bertz CT molecular complexity index is 934. The summed E-state index contributed by atoms with van der Waals surface area (Å²) in [6.45, 7) is 3.94. The van der Waals surface area contributed by atoms with Crippen molar-refractivity contribution in [1.29, 1.82) is 0 Å². The third-order valence-corrected chi connectivity index (χ3v) is 6.13. The Hall–Kier alpha value is -2.93. The largest absolute Gasteiger partial charge is 0.497 e. The maximum atomic E-state index is 13.1. The van der Waals surface area contributed by atoms with Gasteiger partial charge < -0.3 is 14.5 Å². The molecule has 0 N–H and O–H groups in total. The summed E-state index contributed by atoms with van der Waals surface area (Å²) >= 11 is 0. The highest BCUT2D eigenvalue weighted by Gasteiger charge is 2.36. The maximum absolute atomic E-state index is 13.1. The van der Waals surface area contributed by atoms with Gasteiger partial charge in [-0.15, -0.1) is 0 Å². The van der Waals surface area contributed by atoms with Crippen LogP contribution in [0.5, 0.6) is 5.75 Å². The average molecular weight is 426 g/mol. The van der Waals surface area contributed by atoms with Gasteiger partial charge in [0.05, 0.1) is 13.2 Å². The third-order valence-electron chi connectivity index (χ3n) is 6.13. The molecule has 0 unspecified atom stereocenters. The number of carbonyl (C=O) groups excluding carboxylic acids is 2. The number of hydrogen-bond donors (Lipinski definition) is 0. The summed E-state index contributed by atoms with van der Waals surface area (Å²) in [7, 11) is 1.59. The Balaban J connectivity index is 1.35. The van der Waals surface area contributed by atoms with Gasteiger partial charge in [-0.2, -0.15) is 0 Å². The molecule has 0 aromatic heterocycles. The molecule has 0 saturated carbocycles. The van der Waals surface area contributed by atoms with Crippen molar-refractivity contribution in [1.82, 2.24) is 14.7 Å². The maximum Gasteiger partial charge on any atom is 0.254 e. The fraction of sp³-hybridized carbons (Fsp3) is 0.417. The second-order valence-corrected chi connectivity index (χ2v) is 8.10. The minimum Gasteiger partial charge on any atom is -0.497 e. The number of ether oxygens (including phenoxy) is 1. The molecule has 4 rings (SSSR count). The van der Waals surface area contributed by atoms with Gasteiger partial charge in [0, 0.05) is 44.8 Å². The highest BCUT2D eigenvalue weighted by atomic mass is 19.1. The van der Waals surface area contributed by atoms with Crippen LogP contribution in [0.4, 0.5) is 4.39 Å². The summed E-state index contributed by atoms with van der Waals surface area (Å²) in [4.78, 5) is 31.9. The molecule has 2 aliphatic rings. The number of benzene rings is 2. The first-order chi connectivity index (χ1) is 15.0. The van der Waals surface area contributed by atoms with Gasteiger partial charge in [-0.25, -0.2) is 4.39 Å². The molecule has 0 spiro atoms. The smallest absolute Gasteiger partial charge is 0.254 e. The molecule has 164 valence electrons. The molecule has 6 nitrogen and oxygen atoms in total. The molecule has 7 heteroatoms. The molecule has 2 saturated heterocycles. The first-order valence-electron chi connectivity index (χ1n) is 10.8. The second kappa shape index (κ2) is 9.47. The van der Waals surface area contributed by atoms with Gasteiger partial charge in [-0.05, 0) is 48.7 Å². The molecule has 0 bridgehead atoms. The van der Waals surface area contributed by atoms with Gasteiger partial charge in [0.1, 0.15) is 11.6 Å². The molecule has 2 aromatic carbocycles. The molecule has 2 amide bonds. The van der Waals surface area contributed by atoms with E-state index in [0.717, 1.165) is 24.9 Å². The number of likely N-dealkylation sites (tertiary alicyclic amines) is 1. The van der Waals surface area contributed by atoms with E-state index in [2.05, 4.69) is 4.90 Å². The topological polar surface area (TPSA) is 53.1 Å². The number of amides is 2. The fourth-order valence-corrected chi connectivity index (χ4v) is 4.42. The fourth-order valence-electron chi connectivity index (χ4n) is 4.42. The molecule has 2 aliphatic heterocycles. The van der Waals surface area contributed by atoms with Crippen LogP contribution < -0.4 is 4.74 Å². The second-order valence-electron chi connectivity index (χ2n) is 8.10. The zero-order chi connectivity index (χ0) is 21.8. The van der Waals surface area contributed by atoms with E-state index in [0.29, 0.717) is 44.0 Å². The van der Waals surface area contributed by atoms with Crippen LogP contribution in [-0.2, 0) is 11.3 Å². The number of methoxy groups -OCH3 is 1. The average Bonchev–Trinajstić information content (AvgIpc) is 3.00. The summed E-state index contributed by atoms with van der Waals surface area (Å²) in [5.74, 6) is 0.514. The van der Waals surface area contributed by atoms with E-state index in [1.807, 2.05) is 21.9 Å². The number of halogens is 1. The lowest BCUT2D eigenvalue weighted by Crippen LogP contribution is -2.44. The molecule has 0 radical (unpaired) electrons. The van der Waals surface area contributed by atoms with Gasteiger partial charge in [-0.3, -0.25) is 14.5 Å². The molecule has 0 aliphatic carbocycles. The van der Waals surface area contributed by atoms with Crippen LogP contribution in [0.25, 0.3) is 0 Å². The zero-order valence-corrected chi connectivity index (χ0v) is 17.8. The van der Waals surface area contributed by atoms with Crippen LogP contribution in [0.1, 0.15) is 28.8 Å². The van der Waals surface area contributed by atoms with E-state index < -0.39 is 0 Å². The molecule has 31 heavy (non-hydrogen) atoms. The lowest BCUT2D eigenvalue weighted by Gasteiger charge is -2.26. The van der Waals surface area contributed by atoms with Crippen LogP contribution in [0.3, 0.4) is 0 Å². The highest BCUT2D eigenvalue weighted by Crippen LogP contribution is 2.22. The summed E-state index contributed by atoms with van der Waals surface area (Å²) in [6, 6.07) is 13.4. The third kappa shape index (κ3) is 4.88. The highest BCUT2D eigenvalue weighted by molar-refractivity contribution is 5.94. The molecular formula is C24H28FN3O3. The molecule has 1 atom stereocenters. The molecule has 2 heterocycles. The van der Waals surface area contributed by atoms with Crippen molar-refractivity contribution < 1.29 is 18.7 Å². The SMILES string of the molecule is COc1cccc(C(=O)N2CCCN([C@H]3CCN(Cc4ccc(F)cc4)C3=O)CC2)c1. The van der Waals surface area contributed by atoms with Crippen LogP contribution in [0.15, 0.2) is 48.5 Å². The van der Waals surface area contributed by atoms with Crippen molar-refractivity contribution in [2.24, 2.45) is 0 Å². The minimum atomic E-state index is -0.271. The summed E-state index contributed by atoms with van der Waals surface area (Å²) < 4.78 is 18.4. The summed E-state index contributed by atoms with van der Waals surface area (Å²) in [5, 5.41) is 0. The molecule has 2 aromatic rings. The first-order valence-corrected chi connectivity index (χ1v) is 10.8. The van der Waals surface area contributed by atoms with E-state index in [-0.39, 0.29) is 23.7 Å².